The predicted molar refractivity (Wildman–Crippen MR) is 45.5 cm³/mol. The van der Waals surface area contributed by atoms with Crippen molar-refractivity contribution < 1.29 is 9.47 Å². The Hall–Kier alpha value is -1.18. The molecule has 12 heavy (non-hydrogen) atoms. The lowest BCUT2D eigenvalue weighted by atomic mass is 10.1. The predicted octanol–water partition coefficient (Wildman–Crippen LogP) is 1.91. The quantitative estimate of drug-likeness (QED) is 0.628. The zero-order valence-electron chi connectivity index (χ0n) is 6.96. The summed E-state index contributed by atoms with van der Waals surface area (Å²) in [5.41, 5.74) is 1.01. The van der Waals surface area contributed by atoms with Gasteiger partial charge in [-0.25, -0.2) is 0 Å². The second kappa shape index (κ2) is 3.05. The van der Waals surface area contributed by atoms with Gasteiger partial charge in [0.2, 0.25) is 0 Å². The number of para-hydroxylation sites is 1. The van der Waals surface area contributed by atoms with Gasteiger partial charge in [-0.05, 0) is 12.5 Å². The molecule has 0 bridgehead atoms. The highest BCUT2D eigenvalue weighted by Gasteiger charge is 2.14. The van der Waals surface area contributed by atoms with Crippen molar-refractivity contribution in [2.45, 2.75) is 6.42 Å². The van der Waals surface area contributed by atoms with E-state index in [0.717, 1.165) is 23.5 Å². The maximum absolute atomic E-state index is 5.46. The zero-order valence-corrected chi connectivity index (χ0v) is 6.96. The molecule has 0 atom stereocenters. The Balaban J connectivity index is 2.44. The summed E-state index contributed by atoms with van der Waals surface area (Å²) in [6.45, 7) is 0.702. The van der Waals surface area contributed by atoms with Gasteiger partial charge in [0.25, 0.3) is 0 Å². The Morgan fingerprint density at radius 1 is 1.50 bits per heavy atom. The standard InChI is InChI=1S/C10H10O2/c1-11-9-6-2-4-8-5-3-7-12-10(8)9/h2,4,6H,3,7H2,1H3. The van der Waals surface area contributed by atoms with Crippen molar-refractivity contribution in [2.75, 3.05) is 13.7 Å². The third-order valence-corrected chi connectivity index (χ3v) is 1.86. The van der Waals surface area contributed by atoms with Crippen LogP contribution in [0.5, 0.6) is 11.5 Å². The molecule has 1 aliphatic heterocycles. The third kappa shape index (κ3) is 1.13. The van der Waals surface area contributed by atoms with Crippen LogP contribution in [0.4, 0.5) is 0 Å². The Bertz CT molecular complexity index is 267. The lowest BCUT2D eigenvalue weighted by molar-refractivity contribution is 0.284. The SMILES string of the molecule is COc1cccc2c1OCC[C]2. The van der Waals surface area contributed by atoms with Gasteiger partial charge in [0.05, 0.1) is 13.7 Å². The van der Waals surface area contributed by atoms with Crippen LogP contribution in [-0.4, -0.2) is 13.7 Å². The van der Waals surface area contributed by atoms with Crippen molar-refractivity contribution in [1.29, 1.82) is 0 Å². The average molecular weight is 162 g/mol. The smallest absolute Gasteiger partial charge is 0.164 e. The fraction of sp³-hybridized carbons (Fsp3) is 0.300. The second-order valence-electron chi connectivity index (χ2n) is 2.61. The van der Waals surface area contributed by atoms with E-state index in [-0.39, 0.29) is 0 Å². The van der Waals surface area contributed by atoms with Gasteiger partial charge in [-0.15, -0.1) is 0 Å². The lowest BCUT2D eigenvalue weighted by Crippen LogP contribution is -2.07. The van der Waals surface area contributed by atoms with Crippen LogP contribution in [0.25, 0.3) is 0 Å². The third-order valence-electron chi connectivity index (χ3n) is 1.86. The minimum atomic E-state index is 0.702. The molecular weight excluding hydrogens is 152 g/mol. The summed E-state index contributed by atoms with van der Waals surface area (Å²) in [5.74, 6) is 1.62. The molecule has 1 aromatic rings. The molecule has 2 heteroatoms. The average Bonchev–Trinajstić information content (AvgIpc) is 2.17. The van der Waals surface area contributed by atoms with Gasteiger partial charge in [-0.1, -0.05) is 12.1 Å². The molecule has 1 heterocycles. The first-order valence-corrected chi connectivity index (χ1v) is 3.95. The molecule has 2 nitrogen and oxygen atoms in total. The van der Waals surface area contributed by atoms with Crippen molar-refractivity contribution in [3.8, 4) is 11.5 Å². The molecule has 2 rings (SSSR count). The van der Waals surface area contributed by atoms with Crippen LogP contribution in [0.3, 0.4) is 0 Å². The van der Waals surface area contributed by atoms with E-state index in [9.17, 15) is 0 Å². The van der Waals surface area contributed by atoms with E-state index in [2.05, 4.69) is 6.42 Å². The summed E-state index contributed by atoms with van der Waals surface area (Å²) in [6, 6.07) is 5.82. The van der Waals surface area contributed by atoms with Gasteiger partial charge in [0.15, 0.2) is 11.5 Å². The van der Waals surface area contributed by atoms with E-state index in [1.54, 1.807) is 7.11 Å². The van der Waals surface area contributed by atoms with E-state index >= 15 is 0 Å². The van der Waals surface area contributed by atoms with Crippen LogP contribution in [0, 0.1) is 6.42 Å². The molecule has 0 aliphatic carbocycles. The van der Waals surface area contributed by atoms with Crippen molar-refractivity contribution in [2.24, 2.45) is 0 Å². The summed E-state index contributed by atoms with van der Waals surface area (Å²) in [5, 5.41) is 0. The van der Waals surface area contributed by atoms with Crippen LogP contribution in [0.15, 0.2) is 18.2 Å². The topological polar surface area (TPSA) is 18.5 Å². The van der Waals surface area contributed by atoms with Crippen LogP contribution < -0.4 is 9.47 Å². The van der Waals surface area contributed by atoms with Gasteiger partial charge < -0.3 is 9.47 Å². The van der Waals surface area contributed by atoms with Gasteiger partial charge in [0.1, 0.15) is 0 Å². The highest BCUT2D eigenvalue weighted by atomic mass is 16.5. The first-order valence-electron chi connectivity index (χ1n) is 3.95. The highest BCUT2D eigenvalue weighted by Crippen LogP contribution is 2.34. The van der Waals surface area contributed by atoms with Gasteiger partial charge >= 0.3 is 0 Å². The number of fused-ring (bicyclic) bond motifs is 1. The minimum Gasteiger partial charge on any atom is -0.493 e. The first-order chi connectivity index (χ1) is 5.92. The second-order valence-corrected chi connectivity index (χ2v) is 2.61. The molecule has 0 saturated carbocycles. The van der Waals surface area contributed by atoms with E-state index < -0.39 is 0 Å². The van der Waals surface area contributed by atoms with Crippen LogP contribution in [-0.2, 0) is 0 Å². The fourth-order valence-corrected chi connectivity index (χ4v) is 1.30. The molecule has 0 spiro atoms. The van der Waals surface area contributed by atoms with E-state index in [1.807, 2.05) is 18.2 Å². The van der Waals surface area contributed by atoms with Crippen molar-refractivity contribution in [3.63, 3.8) is 0 Å². The largest absolute Gasteiger partial charge is 0.493 e. The van der Waals surface area contributed by atoms with E-state index in [1.165, 1.54) is 0 Å². The molecule has 1 aliphatic rings. The van der Waals surface area contributed by atoms with E-state index in [0.29, 0.717) is 6.61 Å². The molecule has 0 saturated heterocycles. The molecule has 0 unspecified atom stereocenters. The summed E-state index contributed by atoms with van der Waals surface area (Å²) in [4.78, 5) is 0. The molecule has 0 amide bonds. The maximum atomic E-state index is 5.46. The summed E-state index contributed by atoms with van der Waals surface area (Å²) < 4.78 is 10.6. The van der Waals surface area contributed by atoms with Crippen molar-refractivity contribution in [1.82, 2.24) is 0 Å². The monoisotopic (exact) mass is 162 g/mol. The Morgan fingerprint density at radius 3 is 3.25 bits per heavy atom. The Labute approximate surface area is 72.1 Å². The molecule has 2 radical (unpaired) electrons. The minimum absolute atomic E-state index is 0.702. The van der Waals surface area contributed by atoms with Crippen molar-refractivity contribution in [3.05, 3.63) is 30.2 Å². The number of hydrogen-bond donors (Lipinski definition) is 0. The van der Waals surface area contributed by atoms with Gasteiger partial charge in [0, 0.05) is 12.0 Å². The number of hydrogen-bond acceptors (Lipinski definition) is 2. The van der Waals surface area contributed by atoms with Crippen LogP contribution in [0.1, 0.15) is 12.0 Å². The Kier molecular flexibility index (Phi) is 1.90. The summed E-state index contributed by atoms with van der Waals surface area (Å²) in [7, 11) is 1.65. The number of rotatable bonds is 1. The molecule has 62 valence electrons. The van der Waals surface area contributed by atoms with E-state index in [4.69, 9.17) is 9.47 Å². The first kappa shape index (κ1) is 7.47. The normalized spacial score (nSPS) is 14.8. The highest BCUT2D eigenvalue weighted by molar-refractivity contribution is 5.50. The molecule has 0 N–H and O–H groups in total. The maximum Gasteiger partial charge on any atom is 0.164 e. The van der Waals surface area contributed by atoms with Gasteiger partial charge in [-0.3, -0.25) is 0 Å². The van der Waals surface area contributed by atoms with Crippen molar-refractivity contribution >= 4 is 0 Å². The molecule has 0 fully saturated rings. The summed E-state index contributed by atoms with van der Waals surface area (Å²) in [6.07, 6.45) is 4.09. The number of ether oxygens (including phenoxy) is 2. The summed E-state index contributed by atoms with van der Waals surface area (Å²) >= 11 is 0. The number of methoxy groups -OCH3 is 1. The Morgan fingerprint density at radius 2 is 2.42 bits per heavy atom. The van der Waals surface area contributed by atoms with Gasteiger partial charge in [-0.2, -0.15) is 0 Å². The molecule has 0 aromatic heterocycles. The fourth-order valence-electron chi connectivity index (χ4n) is 1.30. The molecular formula is C10H10O2. The molecule has 1 aromatic carbocycles. The lowest BCUT2D eigenvalue weighted by Gasteiger charge is -2.18. The zero-order chi connectivity index (χ0) is 8.39. The van der Waals surface area contributed by atoms with Crippen LogP contribution in [0.2, 0.25) is 0 Å². The number of benzene rings is 1. The van der Waals surface area contributed by atoms with Crippen LogP contribution >= 0.6 is 0 Å².